The van der Waals surface area contributed by atoms with E-state index in [1.54, 1.807) is 24.3 Å². The molecule has 0 atom stereocenters. The van der Waals surface area contributed by atoms with Crippen LogP contribution in [0.1, 0.15) is 0 Å². The maximum Gasteiger partial charge on any atom is 0.262 e. The lowest BCUT2D eigenvalue weighted by Crippen LogP contribution is -2.37. The van der Waals surface area contributed by atoms with Gasteiger partial charge in [0.15, 0.2) is 18.2 Å². The number of benzene rings is 2. The second-order valence-electron chi connectivity index (χ2n) is 5.53. The molecule has 1 fully saturated rings. The molecule has 132 valence electrons. The number of carbonyl (C=O) groups excluding carboxylic acids is 1. The Balaban J connectivity index is 1.68. The molecule has 0 bridgehead atoms. The molecule has 1 heterocycles. The fourth-order valence-electron chi connectivity index (χ4n) is 2.58. The van der Waals surface area contributed by atoms with Crippen molar-refractivity contribution in [2.75, 3.05) is 43.1 Å². The van der Waals surface area contributed by atoms with Gasteiger partial charge in [-0.25, -0.2) is 4.39 Å². The van der Waals surface area contributed by atoms with Crippen molar-refractivity contribution in [1.29, 1.82) is 0 Å². The van der Waals surface area contributed by atoms with Gasteiger partial charge in [0, 0.05) is 18.1 Å². The Kier molecular flexibility index (Phi) is 5.73. The minimum absolute atomic E-state index is 0.0390. The van der Waals surface area contributed by atoms with Crippen molar-refractivity contribution in [3.8, 4) is 5.75 Å². The van der Waals surface area contributed by atoms with Crippen LogP contribution in [-0.2, 0) is 9.53 Å². The van der Waals surface area contributed by atoms with Crippen LogP contribution in [0.5, 0.6) is 5.75 Å². The summed E-state index contributed by atoms with van der Waals surface area (Å²) in [5.41, 5.74) is 1.46. The van der Waals surface area contributed by atoms with Gasteiger partial charge in [-0.05, 0) is 30.3 Å². The Bertz CT molecular complexity index is 751. The SMILES string of the molecule is O=C(COc1ccccc1F)Nc1cc(Cl)ccc1N1CCOCC1. The van der Waals surface area contributed by atoms with Crippen molar-refractivity contribution in [2.45, 2.75) is 0 Å². The molecule has 1 aliphatic heterocycles. The quantitative estimate of drug-likeness (QED) is 0.884. The molecule has 0 saturated carbocycles. The molecule has 1 N–H and O–H groups in total. The van der Waals surface area contributed by atoms with Gasteiger partial charge in [-0.15, -0.1) is 0 Å². The number of nitrogens with one attached hydrogen (secondary N) is 1. The minimum Gasteiger partial charge on any atom is -0.481 e. The first kappa shape index (κ1) is 17.5. The van der Waals surface area contributed by atoms with Gasteiger partial charge in [0.1, 0.15) is 0 Å². The number of nitrogens with zero attached hydrogens (tertiary/aromatic N) is 1. The third kappa shape index (κ3) is 4.61. The number of hydrogen-bond acceptors (Lipinski definition) is 4. The highest BCUT2D eigenvalue weighted by molar-refractivity contribution is 6.31. The number of amides is 1. The van der Waals surface area contributed by atoms with E-state index in [0.29, 0.717) is 23.9 Å². The molecule has 1 saturated heterocycles. The molecule has 1 aliphatic rings. The molecule has 3 rings (SSSR count). The van der Waals surface area contributed by atoms with Gasteiger partial charge in [0.05, 0.1) is 24.6 Å². The average Bonchev–Trinajstić information content (AvgIpc) is 2.62. The molecule has 5 nitrogen and oxygen atoms in total. The van der Waals surface area contributed by atoms with Crippen LogP contribution in [0.3, 0.4) is 0 Å². The van der Waals surface area contributed by atoms with Gasteiger partial charge < -0.3 is 19.7 Å². The molecule has 7 heteroatoms. The summed E-state index contributed by atoms with van der Waals surface area (Å²) in [5.74, 6) is -0.857. The van der Waals surface area contributed by atoms with E-state index in [9.17, 15) is 9.18 Å². The van der Waals surface area contributed by atoms with Crippen LogP contribution in [0, 0.1) is 5.82 Å². The van der Waals surface area contributed by atoms with Gasteiger partial charge in [0.2, 0.25) is 0 Å². The normalized spacial score (nSPS) is 14.2. The Morgan fingerprint density at radius 3 is 2.76 bits per heavy atom. The lowest BCUT2D eigenvalue weighted by molar-refractivity contribution is -0.118. The maximum absolute atomic E-state index is 13.5. The number of anilines is 2. The average molecular weight is 365 g/mol. The van der Waals surface area contributed by atoms with Gasteiger partial charge in [-0.1, -0.05) is 23.7 Å². The number of hydrogen-bond donors (Lipinski definition) is 1. The molecule has 0 aliphatic carbocycles. The number of halogens is 2. The summed E-state index contributed by atoms with van der Waals surface area (Å²) in [7, 11) is 0. The molecular formula is C18H18ClFN2O3. The van der Waals surface area contributed by atoms with Crippen molar-refractivity contribution in [3.63, 3.8) is 0 Å². The molecule has 25 heavy (non-hydrogen) atoms. The summed E-state index contributed by atoms with van der Waals surface area (Å²) in [6.07, 6.45) is 0. The van der Waals surface area contributed by atoms with Crippen LogP contribution in [0.4, 0.5) is 15.8 Å². The first-order valence-electron chi connectivity index (χ1n) is 7.93. The highest BCUT2D eigenvalue weighted by atomic mass is 35.5. The first-order chi connectivity index (χ1) is 12.1. The smallest absolute Gasteiger partial charge is 0.262 e. The highest BCUT2D eigenvalue weighted by Gasteiger charge is 2.17. The van der Waals surface area contributed by atoms with E-state index in [4.69, 9.17) is 21.1 Å². The zero-order valence-electron chi connectivity index (χ0n) is 13.5. The Morgan fingerprint density at radius 2 is 2.00 bits per heavy atom. The van der Waals surface area contributed by atoms with E-state index in [1.807, 2.05) is 6.07 Å². The molecule has 0 aromatic heterocycles. The monoisotopic (exact) mass is 364 g/mol. The summed E-state index contributed by atoms with van der Waals surface area (Å²) in [6.45, 7) is 2.43. The van der Waals surface area contributed by atoms with Gasteiger partial charge in [-0.3, -0.25) is 4.79 Å². The van der Waals surface area contributed by atoms with Crippen molar-refractivity contribution in [1.82, 2.24) is 0 Å². The fourth-order valence-corrected chi connectivity index (χ4v) is 2.75. The summed E-state index contributed by atoms with van der Waals surface area (Å²) in [4.78, 5) is 14.3. The summed E-state index contributed by atoms with van der Waals surface area (Å²) < 4.78 is 24.1. The number of morpholine rings is 1. The maximum atomic E-state index is 13.5. The zero-order valence-corrected chi connectivity index (χ0v) is 14.3. The molecular weight excluding hydrogens is 347 g/mol. The zero-order chi connectivity index (χ0) is 17.6. The molecule has 0 unspecified atom stereocenters. The first-order valence-corrected chi connectivity index (χ1v) is 8.31. The fraction of sp³-hybridized carbons (Fsp3) is 0.278. The number of rotatable bonds is 5. The summed E-state index contributed by atoms with van der Waals surface area (Å²) >= 11 is 6.06. The summed E-state index contributed by atoms with van der Waals surface area (Å²) in [5, 5.41) is 3.30. The molecule has 0 spiro atoms. The highest BCUT2D eigenvalue weighted by Crippen LogP contribution is 2.30. The van der Waals surface area contributed by atoms with Crippen molar-refractivity contribution in [2.24, 2.45) is 0 Å². The van der Waals surface area contributed by atoms with Gasteiger partial charge >= 0.3 is 0 Å². The third-order valence-corrected chi connectivity index (χ3v) is 4.01. The second-order valence-corrected chi connectivity index (χ2v) is 5.96. The third-order valence-electron chi connectivity index (χ3n) is 3.78. The van der Waals surface area contributed by atoms with Crippen LogP contribution in [-0.4, -0.2) is 38.8 Å². The predicted molar refractivity (Wildman–Crippen MR) is 95.0 cm³/mol. The van der Waals surface area contributed by atoms with Gasteiger partial charge in [-0.2, -0.15) is 0 Å². The van der Waals surface area contributed by atoms with E-state index < -0.39 is 5.82 Å². The van der Waals surface area contributed by atoms with E-state index in [0.717, 1.165) is 18.8 Å². The Morgan fingerprint density at radius 1 is 1.24 bits per heavy atom. The van der Waals surface area contributed by atoms with Gasteiger partial charge in [0.25, 0.3) is 5.91 Å². The lowest BCUT2D eigenvalue weighted by Gasteiger charge is -2.30. The van der Waals surface area contributed by atoms with Crippen molar-refractivity contribution >= 4 is 28.9 Å². The van der Waals surface area contributed by atoms with Crippen LogP contribution in [0.15, 0.2) is 42.5 Å². The second kappa shape index (κ2) is 8.18. The number of ether oxygens (including phenoxy) is 2. The standard InChI is InChI=1S/C18H18ClFN2O3/c19-13-5-6-16(22-7-9-24-10-8-22)15(11-13)21-18(23)12-25-17-4-2-1-3-14(17)20/h1-6,11H,7-10,12H2,(H,21,23). The van der Waals surface area contributed by atoms with Crippen LogP contribution in [0.25, 0.3) is 0 Å². The van der Waals surface area contributed by atoms with E-state index in [-0.39, 0.29) is 18.3 Å². The van der Waals surface area contributed by atoms with E-state index in [1.165, 1.54) is 12.1 Å². The van der Waals surface area contributed by atoms with Crippen LogP contribution < -0.4 is 15.0 Å². The topological polar surface area (TPSA) is 50.8 Å². The Hall–Kier alpha value is -2.31. The summed E-state index contributed by atoms with van der Waals surface area (Å²) in [6, 6.07) is 11.3. The Labute approximate surface area is 150 Å². The number of carbonyl (C=O) groups is 1. The molecule has 2 aromatic rings. The van der Waals surface area contributed by atoms with Crippen LogP contribution in [0.2, 0.25) is 5.02 Å². The predicted octanol–water partition coefficient (Wildman–Crippen LogP) is 3.33. The largest absolute Gasteiger partial charge is 0.481 e. The molecule has 0 radical (unpaired) electrons. The van der Waals surface area contributed by atoms with Crippen molar-refractivity contribution < 1.29 is 18.7 Å². The van der Waals surface area contributed by atoms with Crippen LogP contribution >= 0.6 is 11.6 Å². The minimum atomic E-state index is -0.507. The molecule has 2 aromatic carbocycles. The number of para-hydroxylation sites is 1. The molecule has 1 amide bonds. The van der Waals surface area contributed by atoms with E-state index in [2.05, 4.69) is 10.2 Å². The van der Waals surface area contributed by atoms with E-state index >= 15 is 0 Å². The lowest BCUT2D eigenvalue weighted by atomic mass is 10.2. The van der Waals surface area contributed by atoms with Crippen molar-refractivity contribution in [3.05, 3.63) is 53.3 Å².